The van der Waals surface area contributed by atoms with E-state index < -0.39 is 12.0 Å². The van der Waals surface area contributed by atoms with Crippen LogP contribution in [-0.2, 0) is 4.79 Å². The molecule has 0 radical (unpaired) electrons. The Balaban J connectivity index is 1.78. The first kappa shape index (κ1) is 14.4. The van der Waals surface area contributed by atoms with Crippen molar-refractivity contribution in [2.75, 3.05) is 13.2 Å². The first-order valence-electron chi connectivity index (χ1n) is 6.12. The van der Waals surface area contributed by atoms with E-state index >= 15 is 0 Å². The van der Waals surface area contributed by atoms with Gasteiger partial charge in [-0.25, -0.2) is 0 Å². The van der Waals surface area contributed by atoms with Crippen molar-refractivity contribution in [2.45, 2.75) is 18.9 Å². The number of benzene rings is 1. The van der Waals surface area contributed by atoms with Crippen LogP contribution in [0.2, 0.25) is 10.0 Å². The molecule has 0 spiro atoms. The molecule has 0 heterocycles. The summed E-state index contributed by atoms with van der Waals surface area (Å²) < 4.78 is 5.48. The third-order valence-corrected chi connectivity index (χ3v) is 3.59. The van der Waals surface area contributed by atoms with E-state index in [1.165, 1.54) is 0 Å². The minimum absolute atomic E-state index is 0.251. The highest BCUT2D eigenvalue weighted by atomic mass is 35.5. The summed E-state index contributed by atoms with van der Waals surface area (Å²) in [6.45, 7) is 0.759. The van der Waals surface area contributed by atoms with Crippen molar-refractivity contribution in [1.29, 1.82) is 0 Å². The van der Waals surface area contributed by atoms with Gasteiger partial charge in [0.05, 0.1) is 10.0 Å². The van der Waals surface area contributed by atoms with Crippen LogP contribution < -0.4 is 10.1 Å². The lowest BCUT2D eigenvalue weighted by Crippen LogP contribution is -2.40. The summed E-state index contributed by atoms with van der Waals surface area (Å²) in [6.07, 6.45) is 1.95. The normalized spacial score (nSPS) is 16.1. The lowest BCUT2D eigenvalue weighted by atomic mass is 10.2. The van der Waals surface area contributed by atoms with Gasteiger partial charge in [0.2, 0.25) is 0 Å². The zero-order valence-electron chi connectivity index (χ0n) is 10.2. The minimum Gasteiger partial charge on any atom is -0.489 e. The van der Waals surface area contributed by atoms with E-state index in [1.54, 1.807) is 18.2 Å². The number of nitrogens with one attached hydrogen (secondary N) is 1. The van der Waals surface area contributed by atoms with Crippen molar-refractivity contribution in [3.8, 4) is 5.75 Å². The number of ether oxygens (including phenoxy) is 1. The van der Waals surface area contributed by atoms with Crippen molar-refractivity contribution < 1.29 is 14.6 Å². The van der Waals surface area contributed by atoms with Gasteiger partial charge in [0, 0.05) is 6.54 Å². The molecule has 19 heavy (non-hydrogen) atoms. The van der Waals surface area contributed by atoms with Crippen molar-refractivity contribution in [1.82, 2.24) is 5.32 Å². The molecule has 2 rings (SSSR count). The Kier molecular flexibility index (Phi) is 4.91. The first-order chi connectivity index (χ1) is 9.09. The van der Waals surface area contributed by atoms with E-state index in [9.17, 15) is 4.79 Å². The molecule has 1 fully saturated rings. The Morgan fingerprint density at radius 3 is 2.58 bits per heavy atom. The van der Waals surface area contributed by atoms with Crippen molar-refractivity contribution >= 4 is 29.2 Å². The van der Waals surface area contributed by atoms with Crippen LogP contribution in [0, 0.1) is 5.92 Å². The molecule has 1 aliphatic carbocycles. The summed E-state index contributed by atoms with van der Waals surface area (Å²) in [5, 5.41) is 12.9. The van der Waals surface area contributed by atoms with E-state index in [2.05, 4.69) is 5.32 Å². The zero-order valence-corrected chi connectivity index (χ0v) is 11.7. The molecular weight excluding hydrogens is 289 g/mol. The van der Waals surface area contributed by atoms with Crippen LogP contribution in [-0.4, -0.2) is 30.3 Å². The second-order valence-corrected chi connectivity index (χ2v) is 5.32. The van der Waals surface area contributed by atoms with E-state index in [0.717, 1.165) is 12.8 Å². The van der Waals surface area contributed by atoms with Crippen LogP contribution in [0.25, 0.3) is 0 Å². The predicted molar refractivity (Wildman–Crippen MR) is 74.1 cm³/mol. The lowest BCUT2D eigenvalue weighted by Gasteiger charge is -2.14. The molecule has 0 bridgehead atoms. The molecular formula is C13H15Cl2NO3. The monoisotopic (exact) mass is 303 g/mol. The maximum absolute atomic E-state index is 11.0. The number of rotatable bonds is 7. The molecule has 4 nitrogen and oxygen atoms in total. The summed E-state index contributed by atoms with van der Waals surface area (Å²) in [5.74, 6) is -0.120. The van der Waals surface area contributed by atoms with Crippen LogP contribution in [0.4, 0.5) is 0 Å². The molecule has 1 aromatic carbocycles. The Morgan fingerprint density at radius 1 is 1.42 bits per heavy atom. The molecule has 0 amide bonds. The van der Waals surface area contributed by atoms with E-state index in [-0.39, 0.29) is 5.92 Å². The number of carbonyl (C=O) groups is 1. The Morgan fingerprint density at radius 2 is 2.05 bits per heavy atom. The number of halogens is 2. The molecule has 1 saturated carbocycles. The molecule has 2 N–H and O–H groups in total. The average molecular weight is 304 g/mol. The van der Waals surface area contributed by atoms with Crippen LogP contribution in [0.3, 0.4) is 0 Å². The van der Waals surface area contributed by atoms with E-state index in [1.807, 2.05) is 0 Å². The Labute approximate surface area is 121 Å². The third-order valence-electron chi connectivity index (χ3n) is 2.99. The molecule has 0 aliphatic heterocycles. The summed E-state index contributed by atoms with van der Waals surface area (Å²) in [4.78, 5) is 11.0. The minimum atomic E-state index is -0.807. The van der Waals surface area contributed by atoms with Crippen LogP contribution >= 0.6 is 23.2 Å². The first-order valence-corrected chi connectivity index (χ1v) is 6.88. The number of aliphatic carboxylic acids is 1. The van der Waals surface area contributed by atoms with E-state index in [0.29, 0.717) is 28.9 Å². The maximum atomic E-state index is 11.0. The molecule has 1 atom stereocenters. The molecule has 104 valence electrons. The quantitative estimate of drug-likeness (QED) is 0.761. The van der Waals surface area contributed by atoms with Gasteiger partial charge in [-0.05, 0) is 30.9 Å². The molecule has 0 saturated heterocycles. The van der Waals surface area contributed by atoms with Gasteiger partial charge in [-0.1, -0.05) is 29.3 Å². The van der Waals surface area contributed by atoms with Gasteiger partial charge in [-0.15, -0.1) is 0 Å². The summed E-state index contributed by atoms with van der Waals surface area (Å²) in [6, 6.07) is 4.65. The van der Waals surface area contributed by atoms with Crippen LogP contribution in [0.1, 0.15) is 12.8 Å². The zero-order chi connectivity index (χ0) is 13.8. The number of para-hydroxylation sites is 1. The average Bonchev–Trinajstić information content (AvgIpc) is 3.16. The highest BCUT2D eigenvalue weighted by Gasteiger charge is 2.35. The summed E-state index contributed by atoms with van der Waals surface area (Å²) >= 11 is 11.9. The van der Waals surface area contributed by atoms with Gasteiger partial charge in [-0.2, -0.15) is 0 Å². The number of hydrogen-bond donors (Lipinski definition) is 2. The fraction of sp³-hybridized carbons (Fsp3) is 0.462. The van der Waals surface area contributed by atoms with Gasteiger partial charge in [0.1, 0.15) is 12.6 Å². The molecule has 1 aliphatic rings. The van der Waals surface area contributed by atoms with Gasteiger partial charge >= 0.3 is 5.97 Å². The van der Waals surface area contributed by atoms with Crippen molar-refractivity contribution in [3.63, 3.8) is 0 Å². The Bertz CT molecular complexity index is 443. The van der Waals surface area contributed by atoms with Crippen LogP contribution in [0.15, 0.2) is 18.2 Å². The highest BCUT2D eigenvalue weighted by Crippen LogP contribution is 2.33. The van der Waals surface area contributed by atoms with Gasteiger partial charge in [0.15, 0.2) is 5.75 Å². The summed E-state index contributed by atoms with van der Waals surface area (Å²) in [5.41, 5.74) is 0. The van der Waals surface area contributed by atoms with Crippen molar-refractivity contribution in [2.24, 2.45) is 5.92 Å². The third kappa shape index (κ3) is 4.00. The van der Waals surface area contributed by atoms with Gasteiger partial charge < -0.3 is 15.2 Å². The number of hydrogen-bond acceptors (Lipinski definition) is 3. The fourth-order valence-corrected chi connectivity index (χ4v) is 2.38. The second-order valence-electron chi connectivity index (χ2n) is 4.51. The second kappa shape index (κ2) is 6.46. The standard InChI is InChI=1S/C13H15Cl2NO3/c14-9-2-1-3-10(15)12(9)19-7-6-16-11(13(17)18)8-4-5-8/h1-3,8,11,16H,4-7H2,(H,17,18). The number of carboxylic acid groups (broad SMARTS) is 1. The topological polar surface area (TPSA) is 58.6 Å². The fourth-order valence-electron chi connectivity index (χ4n) is 1.87. The lowest BCUT2D eigenvalue weighted by molar-refractivity contribution is -0.140. The van der Waals surface area contributed by atoms with Crippen LogP contribution in [0.5, 0.6) is 5.75 Å². The predicted octanol–water partition coefficient (Wildman–Crippen LogP) is 2.83. The van der Waals surface area contributed by atoms with Crippen molar-refractivity contribution in [3.05, 3.63) is 28.2 Å². The van der Waals surface area contributed by atoms with E-state index in [4.69, 9.17) is 33.0 Å². The smallest absolute Gasteiger partial charge is 0.320 e. The molecule has 6 heteroatoms. The summed E-state index contributed by atoms with van der Waals surface area (Å²) in [7, 11) is 0. The number of carboxylic acids is 1. The molecule has 1 aromatic rings. The SMILES string of the molecule is O=C(O)C(NCCOc1c(Cl)cccc1Cl)C1CC1. The maximum Gasteiger partial charge on any atom is 0.320 e. The largest absolute Gasteiger partial charge is 0.489 e. The molecule has 1 unspecified atom stereocenters. The Hall–Kier alpha value is -0.970. The molecule has 0 aromatic heterocycles. The van der Waals surface area contributed by atoms with Gasteiger partial charge in [-0.3, -0.25) is 4.79 Å². The highest BCUT2D eigenvalue weighted by molar-refractivity contribution is 6.37. The van der Waals surface area contributed by atoms with Gasteiger partial charge in [0.25, 0.3) is 0 Å².